The number of benzene rings is 1. The number of nitrogens with zero attached hydrogens (tertiary/aromatic N) is 1. The second-order valence-electron chi connectivity index (χ2n) is 5.57. The first kappa shape index (κ1) is 15.5. The molecule has 4 heteroatoms. The molecule has 1 saturated heterocycles. The van der Waals surface area contributed by atoms with Crippen molar-refractivity contribution in [2.24, 2.45) is 0 Å². The van der Waals surface area contributed by atoms with Crippen LogP contribution in [0.15, 0.2) is 22.7 Å². The van der Waals surface area contributed by atoms with Gasteiger partial charge in [0.25, 0.3) is 0 Å². The minimum atomic E-state index is -0.0595. The standard InChI is InChI=1S/C16H23BrN2O/c1-3-13-6-4-5-9-19(13)11(2)16(20)12-7-8-15(18)14(17)10-12/h7-8,10-11,13H,3-6,9,18H2,1-2H3. The number of halogens is 1. The molecule has 2 unspecified atom stereocenters. The minimum absolute atomic E-state index is 0.0595. The van der Waals surface area contributed by atoms with Crippen molar-refractivity contribution in [1.29, 1.82) is 0 Å². The monoisotopic (exact) mass is 338 g/mol. The van der Waals surface area contributed by atoms with Crippen LogP contribution in [0.3, 0.4) is 0 Å². The molecule has 1 aliphatic heterocycles. The van der Waals surface area contributed by atoms with Crippen LogP contribution in [-0.4, -0.2) is 29.3 Å². The Morgan fingerprint density at radius 3 is 2.90 bits per heavy atom. The molecule has 0 saturated carbocycles. The van der Waals surface area contributed by atoms with Gasteiger partial charge in [0, 0.05) is 21.8 Å². The Labute approximate surface area is 129 Å². The molecule has 1 aliphatic rings. The maximum Gasteiger partial charge on any atom is 0.179 e. The van der Waals surface area contributed by atoms with E-state index in [4.69, 9.17) is 5.73 Å². The Hall–Kier alpha value is -0.870. The summed E-state index contributed by atoms with van der Waals surface area (Å²) in [6.45, 7) is 5.27. The molecule has 1 aromatic rings. The van der Waals surface area contributed by atoms with Gasteiger partial charge < -0.3 is 5.73 Å². The molecule has 20 heavy (non-hydrogen) atoms. The van der Waals surface area contributed by atoms with Gasteiger partial charge in [-0.2, -0.15) is 0 Å². The molecule has 2 rings (SSSR count). The number of hydrogen-bond acceptors (Lipinski definition) is 3. The highest BCUT2D eigenvalue weighted by atomic mass is 79.9. The topological polar surface area (TPSA) is 46.3 Å². The van der Waals surface area contributed by atoms with Crippen molar-refractivity contribution < 1.29 is 4.79 Å². The molecule has 0 aromatic heterocycles. The third kappa shape index (κ3) is 3.23. The number of carbonyl (C=O) groups excluding carboxylic acids is 1. The number of Topliss-reactive ketones (excluding diaryl/α,β-unsaturated/α-hetero) is 1. The summed E-state index contributed by atoms with van der Waals surface area (Å²) in [5.74, 6) is 0.186. The number of nitrogens with two attached hydrogens (primary N) is 1. The average Bonchev–Trinajstić information content (AvgIpc) is 2.48. The molecule has 1 heterocycles. The van der Waals surface area contributed by atoms with E-state index < -0.39 is 0 Å². The highest BCUT2D eigenvalue weighted by Crippen LogP contribution is 2.25. The van der Waals surface area contributed by atoms with Crippen molar-refractivity contribution in [3.8, 4) is 0 Å². The van der Waals surface area contributed by atoms with Gasteiger partial charge in [-0.3, -0.25) is 9.69 Å². The second kappa shape index (κ2) is 6.72. The Morgan fingerprint density at radius 2 is 2.25 bits per heavy atom. The predicted molar refractivity (Wildman–Crippen MR) is 87.0 cm³/mol. The molecule has 0 spiro atoms. The fourth-order valence-corrected chi connectivity index (χ4v) is 3.42. The number of piperidine rings is 1. The van der Waals surface area contributed by atoms with Crippen molar-refractivity contribution in [3.63, 3.8) is 0 Å². The van der Waals surface area contributed by atoms with Crippen LogP contribution in [-0.2, 0) is 0 Å². The van der Waals surface area contributed by atoms with Crippen LogP contribution in [0.1, 0.15) is 49.9 Å². The molecule has 0 radical (unpaired) electrons. The molecular formula is C16H23BrN2O. The van der Waals surface area contributed by atoms with Crippen LogP contribution in [0, 0.1) is 0 Å². The van der Waals surface area contributed by atoms with Crippen molar-refractivity contribution in [2.45, 2.75) is 51.6 Å². The van der Waals surface area contributed by atoms with E-state index in [0.29, 0.717) is 11.7 Å². The van der Waals surface area contributed by atoms with Crippen molar-refractivity contribution in [2.75, 3.05) is 12.3 Å². The summed E-state index contributed by atoms with van der Waals surface area (Å²) >= 11 is 3.39. The third-order valence-corrected chi connectivity index (χ3v) is 4.99. The molecule has 0 bridgehead atoms. The van der Waals surface area contributed by atoms with E-state index in [0.717, 1.165) is 23.0 Å². The van der Waals surface area contributed by atoms with Gasteiger partial charge in [0.15, 0.2) is 5.78 Å². The second-order valence-corrected chi connectivity index (χ2v) is 6.43. The lowest BCUT2D eigenvalue weighted by atomic mass is 9.95. The molecule has 2 N–H and O–H groups in total. The summed E-state index contributed by atoms with van der Waals surface area (Å²) in [5.41, 5.74) is 7.18. The number of anilines is 1. The van der Waals surface area contributed by atoms with Crippen LogP contribution in [0.4, 0.5) is 5.69 Å². The first-order valence-corrected chi connectivity index (χ1v) is 8.19. The smallest absolute Gasteiger partial charge is 0.179 e. The Balaban J connectivity index is 2.16. The Kier molecular flexibility index (Phi) is 5.22. The zero-order valence-corrected chi connectivity index (χ0v) is 13.8. The zero-order chi connectivity index (χ0) is 14.7. The van der Waals surface area contributed by atoms with Gasteiger partial charge in [-0.1, -0.05) is 13.3 Å². The van der Waals surface area contributed by atoms with Crippen LogP contribution in [0.2, 0.25) is 0 Å². The van der Waals surface area contributed by atoms with Crippen LogP contribution in [0.5, 0.6) is 0 Å². The van der Waals surface area contributed by atoms with E-state index in [1.54, 1.807) is 6.07 Å². The van der Waals surface area contributed by atoms with Gasteiger partial charge in [-0.05, 0) is 66.9 Å². The van der Waals surface area contributed by atoms with Gasteiger partial charge in [0.2, 0.25) is 0 Å². The predicted octanol–water partition coefficient (Wildman–Crippen LogP) is 3.87. The fraction of sp³-hybridized carbons (Fsp3) is 0.562. The molecule has 1 fully saturated rings. The number of nitrogen functional groups attached to an aromatic ring is 1. The molecule has 0 aliphatic carbocycles. The van der Waals surface area contributed by atoms with E-state index >= 15 is 0 Å². The van der Waals surface area contributed by atoms with E-state index in [1.807, 2.05) is 19.1 Å². The summed E-state index contributed by atoms with van der Waals surface area (Å²) in [6.07, 6.45) is 4.80. The minimum Gasteiger partial charge on any atom is -0.398 e. The quantitative estimate of drug-likeness (QED) is 0.669. The van der Waals surface area contributed by atoms with Gasteiger partial charge in [0.1, 0.15) is 0 Å². The molecule has 3 nitrogen and oxygen atoms in total. The summed E-state index contributed by atoms with van der Waals surface area (Å²) in [7, 11) is 0. The summed E-state index contributed by atoms with van der Waals surface area (Å²) < 4.78 is 0.793. The number of likely N-dealkylation sites (tertiary alicyclic amines) is 1. The number of carbonyl (C=O) groups is 1. The van der Waals surface area contributed by atoms with Crippen molar-refractivity contribution in [3.05, 3.63) is 28.2 Å². The van der Waals surface area contributed by atoms with Gasteiger partial charge in [-0.15, -0.1) is 0 Å². The van der Waals surface area contributed by atoms with E-state index in [-0.39, 0.29) is 11.8 Å². The third-order valence-electron chi connectivity index (χ3n) is 4.31. The largest absolute Gasteiger partial charge is 0.398 e. The fourth-order valence-electron chi connectivity index (χ4n) is 3.04. The average molecular weight is 339 g/mol. The van der Waals surface area contributed by atoms with E-state index in [1.165, 1.54) is 19.3 Å². The lowest BCUT2D eigenvalue weighted by Crippen LogP contribution is -2.48. The molecule has 0 amide bonds. The lowest BCUT2D eigenvalue weighted by molar-refractivity contribution is 0.0661. The lowest BCUT2D eigenvalue weighted by Gasteiger charge is -2.38. The van der Waals surface area contributed by atoms with Crippen LogP contribution < -0.4 is 5.73 Å². The van der Waals surface area contributed by atoms with Crippen LogP contribution >= 0.6 is 15.9 Å². The first-order chi connectivity index (χ1) is 9.54. The first-order valence-electron chi connectivity index (χ1n) is 7.39. The summed E-state index contributed by atoms with van der Waals surface area (Å²) in [5, 5.41) is 0. The zero-order valence-electron chi connectivity index (χ0n) is 12.2. The highest BCUT2D eigenvalue weighted by Gasteiger charge is 2.29. The van der Waals surface area contributed by atoms with Gasteiger partial charge in [0.05, 0.1) is 6.04 Å². The normalized spacial score (nSPS) is 21.6. The maximum atomic E-state index is 12.7. The number of ketones is 1. The Bertz CT molecular complexity index is 489. The molecule has 110 valence electrons. The molecule has 2 atom stereocenters. The molecular weight excluding hydrogens is 316 g/mol. The number of rotatable bonds is 4. The Morgan fingerprint density at radius 1 is 1.50 bits per heavy atom. The van der Waals surface area contributed by atoms with E-state index in [9.17, 15) is 4.79 Å². The summed E-state index contributed by atoms with van der Waals surface area (Å²) in [4.78, 5) is 15.0. The van der Waals surface area contributed by atoms with Crippen molar-refractivity contribution >= 4 is 27.4 Å². The summed E-state index contributed by atoms with van der Waals surface area (Å²) in [6, 6.07) is 5.93. The highest BCUT2D eigenvalue weighted by molar-refractivity contribution is 9.10. The van der Waals surface area contributed by atoms with Crippen molar-refractivity contribution in [1.82, 2.24) is 4.90 Å². The van der Waals surface area contributed by atoms with Crippen LogP contribution in [0.25, 0.3) is 0 Å². The number of hydrogen-bond donors (Lipinski definition) is 1. The molecule has 1 aromatic carbocycles. The maximum absolute atomic E-state index is 12.7. The van der Waals surface area contributed by atoms with Gasteiger partial charge >= 0.3 is 0 Å². The SMILES string of the molecule is CCC1CCCCN1C(C)C(=O)c1ccc(N)c(Br)c1. The van der Waals surface area contributed by atoms with Gasteiger partial charge in [-0.25, -0.2) is 0 Å². The van der Waals surface area contributed by atoms with E-state index in [2.05, 4.69) is 27.8 Å².